The van der Waals surface area contributed by atoms with E-state index in [1.54, 1.807) is 7.11 Å². The van der Waals surface area contributed by atoms with E-state index in [-0.39, 0.29) is 12.5 Å². The number of hydrogen-bond acceptors (Lipinski definition) is 3. The highest BCUT2D eigenvalue weighted by Gasteiger charge is 2.10. The Hall–Kier alpha value is -2.01. The Morgan fingerprint density at radius 3 is 2.61 bits per heavy atom. The van der Waals surface area contributed by atoms with E-state index in [1.807, 2.05) is 50.2 Å². The van der Waals surface area contributed by atoms with Gasteiger partial charge in [-0.1, -0.05) is 28.9 Å². The van der Waals surface area contributed by atoms with Crippen LogP contribution in [0.2, 0.25) is 0 Å². The first-order valence-corrected chi connectivity index (χ1v) is 8.18. The van der Waals surface area contributed by atoms with E-state index in [9.17, 15) is 4.79 Å². The van der Waals surface area contributed by atoms with Crippen molar-refractivity contribution in [1.29, 1.82) is 0 Å². The average Bonchev–Trinajstić information content (AvgIpc) is 2.53. The molecule has 0 unspecified atom stereocenters. The van der Waals surface area contributed by atoms with Gasteiger partial charge < -0.3 is 14.8 Å². The number of rotatable bonds is 6. The van der Waals surface area contributed by atoms with Crippen molar-refractivity contribution in [2.45, 2.75) is 20.3 Å². The molecule has 1 N–H and O–H groups in total. The first-order chi connectivity index (χ1) is 11.0. The lowest BCUT2D eigenvalue weighted by molar-refractivity contribution is -0.118. The lowest BCUT2D eigenvalue weighted by Crippen LogP contribution is -2.21. The van der Waals surface area contributed by atoms with E-state index in [0.29, 0.717) is 11.4 Å². The van der Waals surface area contributed by atoms with Gasteiger partial charge in [-0.3, -0.25) is 4.79 Å². The van der Waals surface area contributed by atoms with Gasteiger partial charge in [-0.15, -0.1) is 0 Å². The van der Waals surface area contributed by atoms with Crippen molar-refractivity contribution < 1.29 is 14.3 Å². The van der Waals surface area contributed by atoms with Gasteiger partial charge in [0.15, 0.2) is 6.61 Å². The van der Waals surface area contributed by atoms with Crippen molar-refractivity contribution in [3.63, 3.8) is 0 Å². The minimum atomic E-state index is -0.223. The second-order valence-corrected chi connectivity index (χ2v) is 6.06. The summed E-state index contributed by atoms with van der Waals surface area (Å²) < 4.78 is 11.9. The summed E-state index contributed by atoms with van der Waals surface area (Å²) in [6, 6.07) is 11.4. The number of benzene rings is 2. The van der Waals surface area contributed by atoms with Crippen LogP contribution in [0.3, 0.4) is 0 Å². The van der Waals surface area contributed by atoms with Crippen molar-refractivity contribution in [2.24, 2.45) is 0 Å². The summed E-state index contributed by atoms with van der Waals surface area (Å²) in [5.41, 5.74) is 2.75. The molecule has 4 nitrogen and oxygen atoms in total. The Balaban J connectivity index is 2.02. The van der Waals surface area contributed by atoms with E-state index < -0.39 is 0 Å². The van der Waals surface area contributed by atoms with Crippen LogP contribution in [-0.2, 0) is 11.2 Å². The van der Waals surface area contributed by atoms with Crippen LogP contribution >= 0.6 is 15.9 Å². The molecule has 0 aliphatic carbocycles. The van der Waals surface area contributed by atoms with Gasteiger partial charge >= 0.3 is 0 Å². The topological polar surface area (TPSA) is 47.6 Å². The van der Waals surface area contributed by atoms with Gasteiger partial charge in [-0.25, -0.2) is 0 Å². The van der Waals surface area contributed by atoms with Crippen LogP contribution in [0, 0.1) is 6.92 Å². The maximum atomic E-state index is 12.1. The molecular weight excluding hydrogens is 358 g/mol. The molecule has 0 fully saturated rings. The van der Waals surface area contributed by atoms with Gasteiger partial charge in [0.1, 0.15) is 11.5 Å². The van der Waals surface area contributed by atoms with Gasteiger partial charge in [0.2, 0.25) is 0 Å². The summed E-state index contributed by atoms with van der Waals surface area (Å²) in [4.78, 5) is 12.1. The van der Waals surface area contributed by atoms with Crippen LogP contribution in [0.5, 0.6) is 11.5 Å². The average molecular weight is 378 g/mol. The standard InChI is InChI=1S/C18H20BrNO3/c1-4-13-10-14(19)6-8-16(13)23-11-18(21)20-15-9-12(2)5-7-17(15)22-3/h5-10H,4,11H2,1-3H3,(H,20,21). The highest BCUT2D eigenvalue weighted by molar-refractivity contribution is 9.10. The maximum Gasteiger partial charge on any atom is 0.262 e. The van der Waals surface area contributed by atoms with Crippen molar-refractivity contribution in [2.75, 3.05) is 19.0 Å². The Morgan fingerprint density at radius 2 is 1.91 bits per heavy atom. The van der Waals surface area contributed by atoms with E-state index in [1.165, 1.54) is 0 Å². The Kier molecular flexibility index (Phi) is 6.04. The second kappa shape index (κ2) is 8.02. The van der Waals surface area contributed by atoms with E-state index >= 15 is 0 Å². The Labute approximate surface area is 144 Å². The smallest absolute Gasteiger partial charge is 0.262 e. The van der Waals surface area contributed by atoms with E-state index in [2.05, 4.69) is 21.2 Å². The lowest BCUT2D eigenvalue weighted by atomic mass is 10.1. The quantitative estimate of drug-likeness (QED) is 0.813. The molecule has 0 radical (unpaired) electrons. The Morgan fingerprint density at radius 1 is 1.17 bits per heavy atom. The van der Waals surface area contributed by atoms with Gasteiger partial charge in [-0.05, 0) is 54.8 Å². The summed E-state index contributed by atoms with van der Waals surface area (Å²) in [6.07, 6.45) is 0.835. The Bertz CT molecular complexity index is 701. The van der Waals surface area contributed by atoms with Crippen LogP contribution in [-0.4, -0.2) is 19.6 Å². The molecule has 122 valence electrons. The number of halogens is 1. The fourth-order valence-corrected chi connectivity index (χ4v) is 2.62. The first-order valence-electron chi connectivity index (χ1n) is 7.39. The summed E-state index contributed by atoms with van der Waals surface area (Å²) in [6.45, 7) is 3.96. The third-order valence-corrected chi connectivity index (χ3v) is 3.88. The predicted molar refractivity (Wildman–Crippen MR) is 95.4 cm³/mol. The van der Waals surface area contributed by atoms with E-state index in [4.69, 9.17) is 9.47 Å². The van der Waals surface area contributed by atoms with Crippen LogP contribution in [0.4, 0.5) is 5.69 Å². The minimum Gasteiger partial charge on any atom is -0.495 e. The summed E-state index contributed by atoms with van der Waals surface area (Å²) in [7, 11) is 1.58. The molecular formula is C18H20BrNO3. The fourth-order valence-electron chi connectivity index (χ4n) is 2.21. The molecule has 0 heterocycles. The molecule has 0 aliphatic rings. The molecule has 0 saturated carbocycles. The number of carbonyl (C=O) groups excluding carboxylic acids is 1. The number of aryl methyl sites for hydroxylation is 2. The van der Waals surface area contributed by atoms with Gasteiger partial charge in [0.25, 0.3) is 5.91 Å². The molecule has 0 spiro atoms. The third-order valence-electron chi connectivity index (χ3n) is 3.39. The third kappa shape index (κ3) is 4.73. The maximum absolute atomic E-state index is 12.1. The molecule has 2 aromatic carbocycles. The fraction of sp³-hybridized carbons (Fsp3) is 0.278. The largest absolute Gasteiger partial charge is 0.495 e. The van der Waals surface area contributed by atoms with Crippen molar-refractivity contribution in [3.05, 3.63) is 52.0 Å². The molecule has 0 aromatic heterocycles. The number of nitrogens with one attached hydrogen (secondary N) is 1. The second-order valence-electron chi connectivity index (χ2n) is 5.15. The van der Waals surface area contributed by atoms with Crippen LogP contribution in [0.1, 0.15) is 18.1 Å². The zero-order valence-electron chi connectivity index (χ0n) is 13.5. The molecule has 0 saturated heterocycles. The normalized spacial score (nSPS) is 10.3. The number of hydrogen-bond donors (Lipinski definition) is 1. The van der Waals surface area contributed by atoms with Crippen LogP contribution in [0.15, 0.2) is 40.9 Å². The van der Waals surface area contributed by atoms with Crippen molar-refractivity contribution in [1.82, 2.24) is 0 Å². The number of ether oxygens (including phenoxy) is 2. The highest BCUT2D eigenvalue weighted by atomic mass is 79.9. The predicted octanol–water partition coefficient (Wildman–Crippen LogP) is 4.35. The van der Waals surface area contributed by atoms with Crippen LogP contribution < -0.4 is 14.8 Å². The van der Waals surface area contributed by atoms with Gasteiger partial charge in [0.05, 0.1) is 12.8 Å². The number of anilines is 1. The summed E-state index contributed by atoms with van der Waals surface area (Å²) in [5, 5.41) is 2.82. The zero-order chi connectivity index (χ0) is 16.8. The molecule has 5 heteroatoms. The SMILES string of the molecule is CCc1cc(Br)ccc1OCC(=O)Nc1cc(C)ccc1OC. The highest BCUT2D eigenvalue weighted by Crippen LogP contribution is 2.26. The number of carbonyl (C=O) groups is 1. The lowest BCUT2D eigenvalue weighted by Gasteiger charge is -2.13. The number of methoxy groups -OCH3 is 1. The molecule has 2 rings (SSSR count). The van der Waals surface area contributed by atoms with Crippen molar-refractivity contribution in [3.8, 4) is 11.5 Å². The zero-order valence-corrected chi connectivity index (χ0v) is 15.1. The van der Waals surface area contributed by atoms with Gasteiger partial charge in [0, 0.05) is 4.47 Å². The summed E-state index contributed by atoms with van der Waals surface area (Å²) in [5.74, 6) is 1.13. The molecule has 0 bridgehead atoms. The van der Waals surface area contributed by atoms with Crippen LogP contribution in [0.25, 0.3) is 0 Å². The molecule has 1 amide bonds. The number of amides is 1. The first kappa shape index (κ1) is 17.3. The monoisotopic (exact) mass is 377 g/mol. The molecule has 23 heavy (non-hydrogen) atoms. The molecule has 0 aliphatic heterocycles. The minimum absolute atomic E-state index is 0.0499. The van der Waals surface area contributed by atoms with Crippen molar-refractivity contribution >= 4 is 27.5 Å². The van der Waals surface area contributed by atoms with E-state index in [0.717, 1.165) is 27.8 Å². The van der Waals surface area contributed by atoms with Gasteiger partial charge in [-0.2, -0.15) is 0 Å². The summed E-state index contributed by atoms with van der Waals surface area (Å²) >= 11 is 3.44. The molecule has 0 atom stereocenters. The molecule has 2 aromatic rings.